The minimum Gasteiger partial charge on any atom is -0.478 e. The number of amidine groups is 1. The first-order valence-corrected chi connectivity index (χ1v) is 15.8. The van der Waals surface area contributed by atoms with Crippen molar-refractivity contribution in [3.63, 3.8) is 0 Å². The fourth-order valence-corrected chi connectivity index (χ4v) is 4.01. The summed E-state index contributed by atoms with van der Waals surface area (Å²) in [7, 11) is -3.67. The van der Waals surface area contributed by atoms with Gasteiger partial charge in [-0.15, -0.1) is 0 Å². The highest BCUT2D eigenvalue weighted by Gasteiger charge is 2.29. The summed E-state index contributed by atoms with van der Waals surface area (Å²) < 4.78 is 31.5. The van der Waals surface area contributed by atoms with Crippen molar-refractivity contribution in [2.75, 3.05) is 24.8 Å². The molecule has 0 radical (unpaired) electrons. The van der Waals surface area contributed by atoms with E-state index in [0.717, 1.165) is 0 Å². The summed E-state index contributed by atoms with van der Waals surface area (Å²) in [6.45, 7) is 7.47. The van der Waals surface area contributed by atoms with Crippen molar-refractivity contribution >= 4 is 39.4 Å². The zero-order valence-corrected chi connectivity index (χ0v) is 26.9. The molecule has 2 aromatic carbocycles. The molecule has 1 unspecified atom stereocenters. The number of nitrogens with two attached hydrogens (primary N) is 1. The normalized spacial score (nSPS) is 11.8. The van der Waals surface area contributed by atoms with Gasteiger partial charge in [-0.05, 0) is 53.8 Å². The summed E-state index contributed by atoms with van der Waals surface area (Å²) in [6.07, 6.45) is 1.42. The van der Waals surface area contributed by atoms with Gasteiger partial charge in [0.15, 0.2) is 0 Å². The van der Waals surface area contributed by atoms with Crippen LogP contribution in [0, 0.1) is 10.8 Å². The lowest BCUT2D eigenvalue weighted by Crippen LogP contribution is -2.46. The lowest BCUT2D eigenvalue weighted by molar-refractivity contribution is 0.0688. The molecule has 248 valence electrons. The standard InChI is InChI=1S/C30H35N5O6.CH4O3S/c1-5-15-41-23-14-13-20(25(35-23)28(38)33-18-11-9-17(10-12-18)26(31)32)19-7-6-8-21(24(19)29(39)40)27(37)34-22(16-36)30(2,3)4;1-5(2,3)4/h6-14,22,36H,5,15-16H2,1-4H3,(H3,31,32)(H,33,38)(H,34,37)(H,39,40);1H3,(H,2,3,4). The average molecular weight is 658 g/mol. The number of amides is 2. The molecule has 0 bridgehead atoms. The SMILES string of the molecule is CCCOc1ccc(-c2cccc(C(=O)NC(CO)C(C)(C)C)c2C(=O)O)c(C(=O)Nc2ccc(C(=N)N)cc2)n1.CS(=O)(=O)O. The number of carbonyl (C=O) groups is 3. The van der Waals surface area contributed by atoms with E-state index in [1.807, 2.05) is 27.7 Å². The van der Waals surface area contributed by atoms with E-state index in [2.05, 4.69) is 15.6 Å². The Morgan fingerprint density at radius 3 is 2.13 bits per heavy atom. The number of aromatic nitrogens is 1. The van der Waals surface area contributed by atoms with Crippen LogP contribution in [-0.4, -0.2) is 77.3 Å². The molecule has 3 rings (SSSR count). The van der Waals surface area contributed by atoms with Crippen LogP contribution in [0.3, 0.4) is 0 Å². The second kappa shape index (κ2) is 15.9. The third-order valence-electron chi connectivity index (χ3n) is 6.34. The summed E-state index contributed by atoms with van der Waals surface area (Å²) in [5.74, 6) is -2.64. The second-order valence-corrected chi connectivity index (χ2v) is 12.6. The smallest absolute Gasteiger partial charge is 0.337 e. The number of ether oxygens (including phenoxy) is 1. The van der Waals surface area contributed by atoms with E-state index in [1.165, 1.54) is 30.3 Å². The summed E-state index contributed by atoms with van der Waals surface area (Å²) >= 11 is 0. The molecule has 1 aromatic heterocycles. The molecule has 0 aliphatic heterocycles. The van der Waals surface area contributed by atoms with Gasteiger partial charge >= 0.3 is 5.97 Å². The minimum atomic E-state index is -3.67. The third-order valence-corrected chi connectivity index (χ3v) is 6.34. The number of hydrogen-bond donors (Lipinski definition) is 7. The molecule has 0 fully saturated rings. The molecule has 0 saturated heterocycles. The van der Waals surface area contributed by atoms with Crippen LogP contribution in [0.2, 0.25) is 0 Å². The molecule has 0 spiro atoms. The monoisotopic (exact) mass is 657 g/mol. The Kier molecular flexibility index (Phi) is 12.9. The largest absolute Gasteiger partial charge is 0.478 e. The number of aliphatic hydroxyl groups excluding tert-OH is 1. The highest BCUT2D eigenvalue weighted by atomic mass is 32.2. The highest BCUT2D eigenvalue weighted by molar-refractivity contribution is 7.85. The van der Waals surface area contributed by atoms with Crippen LogP contribution < -0.4 is 21.1 Å². The average Bonchev–Trinajstić information content (AvgIpc) is 2.96. The van der Waals surface area contributed by atoms with Gasteiger partial charge in [-0.3, -0.25) is 19.6 Å². The van der Waals surface area contributed by atoms with Crippen molar-refractivity contribution in [2.45, 2.75) is 40.2 Å². The van der Waals surface area contributed by atoms with Crippen molar-refractivity contribution in [1.82, 2.24) is 10.3 Å². The van der Waals surface area contributed by atoms with E-state index >= 15 is 0 Å². The number of rotatable bonds is 11. The van der Waals surface area contributed by atoms with Crippen molar-refractivity contribution in [2.24, 2.45) is 11.1 Å². The van der Waals surface area contributed by atoms with Crippen LogP contribution >= 0.6 is 0 Å². The predicted octanol–water partition coefficient (Wildman–Crippen LogP) is 3.41. The van der Waals surface area contributed by atoms with Gasteiger partial charge in [-0.25, -0.2) is 9.78 Å². The first-order valence-electron chi connectivity index (χ1n) is 14.0. The summed E-state index contributed by atoms with van der Waals surface area (Å²) in [5, 5.41) is 33.0. The van der Waals surface area contributed by atoms with Gasteiger partial charge < -0.3 is 31.3 Å². The Bertz CT molecular complexity index is 1680. The summed E-state index contributed by atoms with van der Waals surface area (Å²) in [5.41, 5.74) is 5.61. The van der Waals surface area contributed by atoms with Gasteiger partial charge in [0.25, 0.3) is 21.9 Å². The summed E-state index contributed by atoms with van der Waals surface area (Å²) in [6, 6.07) is 13.1. The number of nitrogen functional groups attached to an aromatic ring is 1. The van der Waals surface area contributed by atoms with Crippen molar-refractivity contribution in [1.29, 1.82) is 5.41 Å². The van der Waals surface area contributed by atoms with Gasteiger partial charge in [0, 0.05) is 22.9 Å². The van der Waals surface area contributed by atoms with Gasteiger partial charge in [0.1, 0.15) is 11.5 Å². The van der Waals surface area contributed by atoms with Gasteiger partial charge in [0.05, 0.1) is 36.6 Å². The Labute approximate surface area is 267 Å². The van der Waals surface area contributed by atoms with Gasteiger partial charge in [-0.2, -0.15) is 8.42 Å². The van der Waals surface area contributed by atoms with Crippen molar-refractivity contribution < 1.29 is 42.3 Å². The fourth-order valence-electron chi connectivity index (χ4n) is 4.01. The Hall–Kier alpha value is -4.86. The number of carboxylic acid groups (broad SMARTS) is 1. The number of pyridine rings is 1. The number of aliphatic hydroxyl groups is 1. The topological polar surface area (TPSA) is 242 Å². The molecule has 14 nitrogen and oxygen atoms in total. The van der Waals surface area contributed by atoms with Gasteiger partial charge in [-0.1, -0.05) is 39.8 Å². The number of carboxylic acids is 1. The predicted molar refractivity (Wildman–Crippen MR) is 173 cm³/mol. The zero-order valence-electron chi connectivity index (χ0n) is 26.1. The summed E-state index contributed by atoms with van der Waals surface area (Å²) in [4.78, 5) is 43.7. The molecule has 1 atom stereocenters. The van der Waals surface area contributed by atoms with E-state index < -0.39 is 39.4 Å². The molecular formula is C31H39N5O9S. The number of anilines is 1. The minimum absolute atomic E-state index is 0.105. The quantitative estimate of drug-likeness (QED) is 0.0895. The van der Waals surface area contributed by atoms with Crippen molar-refractivity contribution in [3.8, 4) is 17.0 Å². The van der Waals surface area contributed by atoms with Crippen LogP contribution in [0.4, 0.5) is 5.69 Å². The molecule has 3 aromatic rings. The number of nitrogens with one attached hydrogen (secondary N) is 3. The van der Waals surface area contributed by atoms with Crippen LogP contribution in [-0.2, 0) is 10.1 Å². The van der Waals surface area contributed by atoms with E-state index in [1.54, 1.807) is 24.3 Å². The molecular weight excluding hydrogens is 618 g/mol. The van der Waals surface area contributed by atoms with Crippen LogP contribution in [0.1, 0.15) is 70.9 Å². The molecule has 0 aliphatic rings. The number of benzene rings is 2. The third kappa shape index (κ3) is 10.9. The number of nitrogens with zero attached hydrogens (tertiary/aromatic N) is 1. The molecule has 1 heterocycles. The number of hydrogen-bond acceptors (Lipinski definition) is 9. The first-order chi connectivity index (χ1) is 21.4. The molecule has 0 aliphatic carbocycles. The number of carbonyl (C=O) groups excluding carboxylic acids is 2. The maximum absolute atomic E-state index is 13.5. The molecule has 15 heteroatoms. The van der Waals surface area contributed by atoms with E-state index in [0.29, 0.717) is 30.5 Å². The van der Waals surface area contributed by atoms with Gasteiger partial charge in [0.2, 0.25) is 5.88 Å². The highest BCUT2D eigenvalue weighted by Crippen LogP contribution is 2.31. The Morgan fingerprint density at radius 1 is 1.02 bits per heavy atom. The van der Waals surface area contributed by atoms with Crippen molar-refractivity contribution in [3.05, 3.63) is 77.0 Å². The van der Waals surface area contributed by atoms with Crippen LogP contribution in [0.25, 0.3) is 11.1 Å². The lowest BCUT2D eigenvalue weighted by Gasteiger charge is -2.30. The van der Waals surface area contributed by atoms with Crippen LogP contribution in [0.5, 0.6) is 5.88 Å². The Morgan fingerprint density at radius 2 is 1.63 bits per heavy atom. The number of aromatic carboxylic acids is 1. The van der Waals surface area contributed by atoms with E-state index in [9.17, 15) is 33.0 Å². The van der Waals surface area contributed by atoms with Crippen LogP contribution in [0.15, 0.2) is 54.6 Å². The van der Waals surface area contributed by atoms with E-state index in [4.69, 9.17) is 20.4 Å². The lowest BCUT2D eigenvalue weighted by atomic mass is 9.86. The molecule has 0 saturated carbocycles. The van der Waals surface area contributed by atoms with E-state index in [-0.39, 0.29) is 46.3 Å². The molecule has 46 heavy (non-hydrogen) atoms. The zero-order chi connectivity index (χ0) is 34.8. The Balaban J connectivity index is 0.00000136. The second-order valence-electron chi connectivity index (χ2n) is 11.2. The fraction of sp³-hybridized carbons (Fsp3) is 0.323. The maximum atomic E-state index is 13.5. The molecule has 8 N–H and O–H groups in total. The maximum Gasteiger partial charge on any atom is 0.337 e. The molecule has 2 amide bonds. The first kappa shape index (κ1) is 37.3.